The van der Waals surface area contributed by atoms with E-state index in [2.05, 4.69) is 5.32 Å². The van der Waals surface area contributed by atoms with Gasteiger partial charge in [0.2, 0.25) is 12.5 Å². The SMILES string of the molecule is COc1cc(CNCCCN)cc2c1OCO2. The maximum atomic E-state index is 5.43. The number of hydrogen-bond donors (Lipinski definition) is 2. The molecule has 0 radical (unpaired) electrons. The molecule has 1 aliphatic heterocycles. The first-order valence-corrected chi connectivity index (χ1v) is 5.72. The Morgan fingerprint density at radius 3 is 3.06 bits per heavy atom. The molecule has 0 atom stereocenters. The molecule has 1 heterocycles. The Morgan fingerprint density at radius 1 is 1.41 bits per heavy atom. The molecule has 0 saturated heterocycles. The van der Waals surface area contributed by atoms with Crippen molar-refractivity contribution < 1.29 is 14.2 Å². The topological polar surface area (TPSA) is 65.7 Å². The fourth-order valence-electron chi connectivity index (χ4n) is 1.75. The summed E-state index contributed by atoms with van der Waals surface area (Å²) in [7, 11) is 1.63. The quantitative estimate of drug-likeness (QED) is 0.720. The van der Waals surface area contributed by atoms with Crippen LogP contribution in [0, 0.1) is 0 Å². The van der Waals surface area contributed by atoms with Gasteiger partial charge >= 0.3 is 0 Å². The lowest BCUT2D eigenvalue weighted by atomic mass is 10.2. The summed E-state index contributed by atoms with van der Waals surface area (Å²) in [6.07, 6.45) is 0.974. The highest BCUT2D eigenvalue weighted by molar-refractivity contribution is 5.55. The predicted molar refractivity (Wildman–Crippen MR) is 64.5 cm³/mol. The maximum Gasteiger partial charge on any atom is 0.231 e. The summed E-state index contributed by atoms with van der Waals surface area (Å²) < 4.78 is 16.0. The van der Waals surface area contributed by atoms with Crippen molar-refractivity contribution in [2.45, 2.75) is 13.0 Å². The molecule has 1 aromatic carbocycles. The van der Waals surface area contributed by atoms with E-state index in [0.29, 0.717) is 12.3 Å². The highest BCUT2D eigenvalue weighted by Crippen LogP contribution is 2.41. The van der Waals surface area contributed by atoms with Crippen LogP contribution in [0.4, 0.5) is 0 Å². The average molecular weight is 238 g/mol. The number of nitrogens with one attached hydrogen (secondary N) is 1. The first kappa shape index (κ1) is 12.0. The molecule has 0 spiro atoms. The maximum absolute atomic E-state index is 5.43. The van der Waals surface area contributed by atoms with Gasteiger partial charge in [-0.2, -0.15) is 0 Å². The molecule has 0 unspecified atom stereocenters. The third kappa shape index (κ3) is 2.81. The lowest BCUT2D eigenvalue weighted by Crippen LogP contribution is -2.17. The van der Waals surface area contributed by atoms with Gasteiger partial charge in [-0.25, -0.2) is 0 Å². The molecule has 0 fully saturated rings. The minimum Gasteiger partial charge on any atom is -0.493 e. The smallest absolute Gasteiger partial charge is 0.231 e. The summed E-state index contributed by atoms with van der Waals surface area (Å²) in [6.45, 7) is 2.65. The van der Waals surface area contributed by atoms with E-state index < -0.39 is 0 Å². The van der Waals surface area contributed by atoms with Gasteiger partial charge in [-0.3, -0.25) is 0 Å². The molecule has 17 heavy (non-hydrogen) atoms. The van der Waals surface area contributed by atoms with Gasteiger partial charge in [-0.15, -0.1) is 0 Å². The largest absolute Gasteiger partial charge is 0.493 e. The minimum atomic E-state index is 0.260. The summed E-state index contributed by atoms with van der Waals surface area (Å²) in [4.78, 5) is 0. The van der Waals surface area contributed by atoms with Crippen molar-refractivity contribution in [1.82, 2.24) is 5.32 Å². The molecular formula is C12H18N2O3. The van der Waals surface area contributed by atoms with Gasteiger partial charge in [0, 0.05) is 6.54 Å². The van der Waals surface area contributed by atoms with Crippen LogP contribution >= 0.6 is 0 Å². The molecule has 1 aromatic rings. The Balaban J connectivity index is 2.03. The number of fused-ring (bicyclic) bond motifs is 1. The minimum absolute atomic E-state index is 0.260. The third-order valence-electron chi connectivity index (χ3n) is 2.60. The average Bonchev–Trinajstić information content (AvgIpc) is 2.81. The van der Waals surface area contributed by atoms with Crippen molar-refractivity contribution in [1.29, 1.82) is 0 Å². The van der Waals surface area contributed by atoms with E-state index >= 15 is 0 Å². The number of hydrogen-bond acceptors (Lipinski definition) is 5. The van der Waals surface area contributed by atoms with Crippen molar-refractivity contribution in [3.05, 3.63) is 17.7 Å². The second-order valence-electron chi connectivity index (χ2n) is 3.85. The van der Waals surface area contributed by atoms with Gasteiger partial charge in [0.1, 0.15) is 0 Å². The molecule has 2 rings (SSSR count). The van der Waals surface area contributed by atoms with Crippen LogP contribution < -0.4 is 25.3 Å². The summed E-state index contributed by atoms with van der Waals surface area (Å²) in [5.74, 6) is 2.16. The lowest BCUT2D eigenvalue weighted by molar-refractivity contribution is 0.171. The van der Waals surface area contributed by atoms with Crippen LogP contribution in [0.5, 0.6) is 17.2 Å². The molecule has 0 bridgehead atoms. The lowest BCUT2D eigenvalue weighted by Gasteiger charge is -2.09. The standard InChI is InChI=1S/C12H18N2O3/c1-15-10-5-9(7-14-4-2-3-13)6-11-12(10)17-8-16-11/h5-6,14H,2-4,7-8,13H2,1H3. The van der Waals surface area contributed by atoms with Crippen LogP contribution in [0.2, 0.25) is 0 Å². The zero-order valence-corrected chi connectivity index (χ0v) is 9.99. The Morgan fingerprint density at radius 2 is 2.29 bits per heavy atom. The Kier molecular flexibility index (Phi) is 4.06. The molecule has 0 aromatic heterocycles. The number of benzene rings is 1. The van der Waals surface area contributed by atoms with E-state index in [1.807, 2.05) is 12.1 Å². The summed E-state index contributed by atoms with van der Waals surface area (Å²) in [5, 5.41) is 3.31. The van der Waals surface area contributed by atoms with Crippen LogP contribution in [-0.2, 0) is 6.54 Å². The molecule has 94 valence electrons. The second kappa shape index (κ2) is 5.75. The van der Waals surface area contributed by atoms with Gasteiger partial charge < -0.3 is 25.3 Å². The first-order chi connectivity index (χ1) is 8.35. The van der Waals surface area contributed by atoms with E-state index in [1.165, 1.54) is 0 Å². The molecule has 5 heteroatoms. The summed E-state index contributed by atoms with van der Waals surface area (Å²) in [6, 6.07) is 3.93. The van der Waals surface area contributed by atoms with Gasteiger partial charge in [0.25, 0.3) is 0 Å². The second-order valence-corrected chi connectivity index (χ2v) is 3.85. The normalized spacial score (nSPS) is 12.8. The number of rotatable bonds is 6. The molecule has 0 aliphatic carbocycles. The zero-order valence-electron chi connectivity index (χ0n) is 9.99. The molecule has 0 amide bonds. The van der Waals surface area contributed by atoms with Gasteiger partial charge in [-0.1, -0.05) is 0 Å². The Hall–Kier alpha value is -1.46. The number of methoxy groups -OCH3 is 1. The Bertz CT molecular complexity index is 382. The van der Waals surface area contributed by atoms with Crippen LogP contribution in [0.3, 0.4) is 0 Å². The Labute approximate surface area is 101 Å². The monoisotopic (exact) mass is 238 g/mol. The van der Waals surface area contributed by atoms with E-state index in [1.54, 1.807) is 7.11 Å². The molecule has 5 nitrogen and oxygen atoms in total. The zero-order chi connectivity index (χ0) is 12.1. The highest BCUT2D eigenvalue weighted by atomic mass is 16.7. The molecule has 1 aliphatic rings. The van der Waals surface area contributed by atoms with Crippen LogP contribution in [0.25, 0.3) is 0 Å². The van der Waals surface area contributed by atoms with Crippen LogP contribution in [0.1, 0.15) is 12.0 Å². The van der Waals surface area contributed by atoms with Crippen LogP contribution in [-0.4, -0.2) is 27.0 Å². The summed E-state index contributed by atoms with van der Waals surface area (Å²) >= 11 is 0. The molecule has 0 saturated carbocycles. The highest BCUT2D eigenvalue weighted by Gasteiger charge is 2.19. The van der Waals surface area contributed by atoms with Gasteiger partial charge in [0.15, 0.2) is 11.5 Å². The van der Waals surface area contributed by atoms with Gasteiger partial charge in [-0.05, 0) is 37.2 Å². The fourth-order valence-corrected chi connectivity index (χ4v) is 1.75. The fraction of sp³-hybridized carbons (Fsp3) is 0.500. The van der Waals surface area contributed by atoms with Crippen molar-refractivity contribution in [2.24, 2.45) is 5.73 Å². The van der Waals surface area contributed by atoms with E-state index in [9.17, 15) is 0 Å². The first-order valence-electron chi connectivity index (χ1n) is 5.72. The van der Waals surface area contributed by atoms with Crippen molar-refractivity contribution in [2.75, 3.05) is 27.0 Å². The number of nitrogens with two attached hydrogens (primary N) is 1. The van der Waals surface area contributed by atoms with Crippen molar-refractivity contribution in [3.63, 3.8) is 0 Å². The van der Waals surface area contributed by atoms with Crippen molar-refractivity contribution >= 4 is 0 Å². The van der Waals surface area contributed by atoms with E-state index in [-0.39, 0.29) is 6.79 Å². The molecular weight excluding hydrogens is 220 g/mol. The van der Waals surface area contributed by atoms with Crippen molar-refractivity contribution in [3.8, 4) is 17.2 Å². The number of ether oxygens (including phenoxy) is 3. The van der Waals surface area contributed by atoms with Crippen LogP contribution in [0.15, 0.2) is 12.1 Å². The third-order valence-corrected chi connectivity index (χ3v) is 2.60. The van der Waals surface area contributed by atoms with E-state index in [0.717, 1.165) is 36.6 Å². The predicted octanol–water partition coefficient (Wildman–Crippen LogP) is 0.862. The van der Waals surface area contributed by atoms with E-state index in [4.69, 9.17) is 19.9 Å². The summed E-state index contributed by atoms with van der Waals surface area (Å²) in [5.41, 5.74) is 6.54. The molecule has 3 N–H and O–H groups in total. The van der Waals surface area contributed by atoms with Gasteiger partial charge in [0.05, 0.1) is 7.11 Å².